The Morgan fingerprint density at radius 1 is 1.31 bits per heavy atom. The summed E-state index contributed by atoms with van der Waals surface area (Å²) >= 11 is 0. The molecule has 0 aromatic carbocycles. The Balaban J connectivity index is 1.76. The lowest BCUT2D eigenvalue weighted by Crippen LogP contribution is -2.55. The molecule has 3 unspecified atom stereocenters. The number of likely N-dealkylation sites (tertiary alicyclic amines) is 1. The Bertz CT molecular complexity index is 261. The smallest absolute Gasteiger partial charge is 0.303 e. The molecule has 0 spiro atoms. The average molecular weight is 225 g/mol. The van der Waals surface area contributed by atoms with E-state index >= 15 is 0 Å². The molecular formula is C13H23NO2. The fourth-order valence-corrected chi connectivity index (χ4v) is 3.45. The first-order chi connectivity index (χ1) is 7.56. The Hall–Kier alpha value is -0.570. The van der Waals surface area contributed by atoms with E-state index in [9.17, 15) is 4.79 Å². The van der Waals surface area contributed by atoms with E-state index in [1.165, 1.54) is 19.3 Å². The van der Waals surface area contributed by atoms with Crippen molar-refractivity contribution in [2.75, 3.05) is 13.1 Å². The minimum absolute atomic E-state index is 0.355. The molecule has 2 rings (SSSR count). The fourth-order valence-electron chi connectivity index (χ4n) is 3.45. The molecule has 0 amide bonds. The molecule has 1 saturated heterocycles. The second kappa shape index (κ2) is 4.74. The molecule has 1 heterocycles. The summed E-state index contributed by atoms with van der Waals surface area (Å²) in [6.45, 7) is 6.71. The van der Waals surface area contributed by atoms with Crippen LogP contribution in [0.4, 0.5) is 0 Å². The second-order valence-corrected chi connectivity index (χ2v) is 5.88. The number of carboxylic acids is 1. The van der Waals surface area contributed by atoms with Crippen LogP contribution in [0.25, 0.3) is 0 Å². The molecule has 1 aliphatic carbocycles. The van der Waals surface area contributed by atoms with Crippen molar-refractivity contribution >= 4 is 5.97 Å². The van der Waals surface area contributed by atoms with Crippen LogP contribution in [0, 0.1) is 17.8 Å². The third-order valence-electron chi connectivity index (χ3n) is 4.30. The third kappa shape index (κ3) is 2.57. The van der Waals surface area contributed by atoms with Gasteiger partial charge in [0.2, 0.25) is 0 Å². The SMILES string of the molecule is CC1CCC(N2CC(CC(=O)O)C2)C(C)C1. The topological polar surface area (TPSA) is 40.5 Å². The molecule has 1 saturated carbocycles. The highest BCUT2D eigenvalue weighted by molar-refractivity contribution is 5.67. The second-order valence-electron chi connectivity index (χ2n) is 5.88. The van der Waals surface area contributed by atoms with Crippen LogP contribution in [0.1, 0.15) is 39.5 Å². The normalized spacial score (nSPS) is 37.0. The van der Waals surface area contributed by atoms with Crippen LogP contribution >= 0.6 is 0 Å². The molecule has 1 N–H and O–H groups in total. The zero-order valence-electron chi connectivity index (χ0n) is 10.4. The van der Waals surface area contributed by atoms with Crippen LogP contribution in [0.5, 0.6) is 0 Å². The highest BCUT2D eigenvalue weighted by Gasteiger charge is 2.37. The third-order valence-corrected chi connectivity index (χ3v) is 4.30. The van der Waals surface area contributed by atoms with Gasteiger partial charge in [-0.25, -0.2) is 0 Å². The minimum atomic E-state index is -0.644. The summed E-state index contributed by atoms with van der Waals surface area (Å²) in [7, 11) is 0. The first-order valence-electron chi connectivity index (χ1n) is 6.52. The maximum Gasteiger partial charge on any atom is 0.303 e. The zero-order valence-corrected chi connectivity index (χ0v) is 10.4. The molecule has 16 heavy (non-hydrogen) atoms. The minimum Gasteiger partial charge on any atom is -0.481 e. The van der Waals surface area contributed by atoms with E-state index in [0.717, 1.165) is 31.0 Å². The van der Waals surface area contributed by atoms with Gasteiger partial charge in [0.05, 0.1) is 6.42 Å². The lowest BCUT2D eigenvalue weighted by molar-refractivity contribution is -0.140. The predicted octanol–water partition coefficient (Wildman–Crippen LogP) is 2.22. The van der Waals surface area contributed by atoms with Gasteiger partial charge in [0.1, 0.15) is 0 Å². The lowest BCUT2D eigenvalue weighted by atomic mass is 9.77. The van der Waals surface area contributed by atoms with Gasteiger partial charge in [-0.1, -0.05) is 13.8 Å². The van der Waals surface area contributed by atoms with E-state index in [0.29, 0.717) is 12.3 Å². The van der Waals surface area contributed by atoms with Gasteiger partial charge >= 0.3 is 5.97 Å². The summed E-state index contributed by atoms with van der Waals surface area (Å²) in [5.41, 5.74) is 0. The van der Waals surface area contributed by atoms with Crippen molar-refractivity contribution in [1.82, 2.24) is 4.90 Å². The van der Waals surface area contributed by atoms with Crippen molar-refractivity contribution in [2.45, 2.75) is 45.6 Å². The first-order valence-corrected chi connectivity index (χ1v) is 6.52. The summed E-state index contributed by atoms with van der Waals surface area (Å²) in [5, 5.41) is 8.71. The molecule has 2 aliphatic rings. The summed E-state index contributed by atoms with van der Waals surface area (Å²) in [5.74, 6) is 1.43. The van der Waals surface area contributed by atoms with Crippen LogP contribution in [0.15, 0.2) is 0 Å². The molecular weight excluding hydrogens is 202 g/mol. The molecule has 92 valence electrons. The van der Waals surface area contributed by atoms with E-state index in [1.807, 2.05) is 0 Å². The van der Waals surface area contributed by atoms with Crippen LogP contribution in [0.2, 0.25) is 0 Å². The van der Waals surface area contributed by atoms with Crippen molar-refractivity contribution in [1.29, 1.82) is 0 Å². The molecule has 3 nitrogen and oxygen atoms in total. The highest BCUT2D eigenvalue weighted by atomic mass is 16.4. The average Bonchev–Trinajstić information content (AvgIpc) is 2.11. The van der Waals surface area contributed by atoms with E-state index in [1.54, 1.807) is 0 Å². The molecule has 3 atom stereocenters. The Kier molecular flexibility index (Phi) is 3.53. The zero-order chi connectivity index (χ0) is 11.7. The Labute approximate surface area is 97.8 Å². The van der Waals surface area contributed by atoms with Crippen molar-refractivity contribution in [3.8, 4) is 0 Å². The Morgan fingerprint density at radius 3 is 2.56 bits per heavy atom. The maximum atomic E-state index is 10.6. The monoisotopic (exact) mass is 225 g/mol. The van der Waals surface area contributed by atoms with E-state index in [2.05, 4.69) is 18.7 Å². The fraction of sp³-hybridized carbons (Fsp3) is 0.923. The van der Waals surface area contributed by atoms with Gasteiger partial charge in [-0.05, 0) is 37.0 Å². The number of carboxylic acid groups (broad SMARTS) is 1. The number of aliphatic carboxylic acids is 1. The van der Waals surface area contributed by atoms with Gasteiger partial charge < -0.3 is 5.11 Å². The Morgan fingerprint density at radius 2 is 2.00 bits per heavy atom. The van der Waals surface area contributed by atoms with Crippen molar-refractivity contribution < 1.29 is 9.90 Å². The number of hydrogen-bond donors (Lipinski definition) is 1. The highest BCUT2D eigenvalue weighted by Crippen LogP contribution is 2.35. The molecule has 1 aliphatic heterocycles. The van der Waals surface area contributed by atoms with Gasteiger partial charge in [-0.3, -0.25) is 9.69 Å². The number of hydrogen-bond acceptors (Lipinski definition) is 2. The molecule has 0 aromatic rings. The van der Waals surface area contributed by atoms with Gasteiger partial charge in [0.15, 0.2) is 0 Å². The molecule has 3 heteroatoms. The number of rotatable bonds is 3. The van der Waals surface area contributed by atoms with Crippen molar-refractivity contribution in [2.24, 2.45) is 17.8 Å². The summed E-state index contributed by atoms with van der Waals surface area (Å²) < 4.78 is 0. The van der Waals surface area contributed by atoms with Gasteiger partial charge in [0, 0.05) is 19.1 Å². The summed E-state index contributed by atoms with van der Waals surface area (Å²) in [6, 6.07) is 0.723. The predicted molar refractivity (Wildman–Crippen MR) is 63.3 cm³/mol. The lowest BCUT2D eigenvalue weighted by Gasteiger charge is -2.48. The largest absolute Gasteiger partial charge is 0.481 e. The van der Waals surface area contributed by atoms with Crippen molar-refractivity contribution in [3.63, 3.8) is 0 Å². The molecule has 0 aromatic heterocycles. The van der Waals surface area contributed by atoms with Crippen LogP contribution < -0.4 is 0 Å². The van der Waals surface area contributed by atoms with Crippen molar-refractivity contribution in [3.05, 3.63) is 0 Å². The van der Waals surface area contributed by atoms with E-state index in [-0.39, 0.29) is 0 Å². The number of carbonyl (C=O) groups is 1. The molecule has 0 radical (unpaired) electrons. The van der Waals surface area contributed by atoms with Crippen LogP contribution in [-0.4, -0.2) is 35.1 Å². The number of nitrogens with zero attached hydrogens (tertiary/aromatic N) is 1. The van der Waals surface area contributed by atoms with Gasteiger partial charge in [0.25, 0.3) is 0 Å². The van der Waals surface area contributed by atoms with Crippen LogP contribution in [-0.2, 0) is 4.79 Å². The van der Waals surface area contributed by atoms with Gasteiger partial charge in [-0.2, -0.15) is 0 Å². The quantitative estimate of drug-likeness (QED) is 0.800. The first kappa shape index (κ1) is 11.9. The summed E-state index contributed by atoms with van der Waals surface area (Å²) in [4.78, 5) is 13.1. The van der Waals surface area contributed by atoms with E-state index in [4.69, 9.17) is 5.11 Å². The van der Waals surface area contributed by atoms with Gasteiger partial charge in [-0.15, -0.1) is 0 Å². The standard InChI is InChI=1S/C13H23NO2/c1-9-3-4-12(10(2)5-9)14-7-11(8-14)6-13(15)16/h9-12H,3-8H2,1-2H3,(H,15,16). The summed E-state index contributed by atoms with van der Waals surface area (Å²) in [6.07, 6.45) is 4.34. The molecule has 2 fully saturated rings. The van der Waals surface area contributed by atoms with E-state index < -0.39 is 5.97 Å². The van der Waals surface area contributed by atoms with Crippen LogP contribution in [0.3, 0.4) is 0 Å². The maximum absolute atomic E-state index is 10.6. The molecule has 0 bridgehead atoms.